The van der Waals surface area contributed by atoms with Crippen LogP contribution in [0.15, 0.2) is 78.9 Å². The third-order valence-corrected chi connectivity index (χ3v) is 9.53. The number of hydrogen-bond acceptors (Lipinski definition) is 5. The number of anilines is 2. The lowest BCUT2D eigenvalue weighted by Gasteiger charge is -2.38. The lowest BCUT2D eigenvalue weighted by atomic mass is 9.73. The van der Waals surface area contributed by atoms with Crippen LogP contribution >= 0.6 is 11.6 Å². The van der Waals surface area contributed by atoms with Crippen LogP contribution in [0.4, 0.5) is 11.4 Å². The van der Waals surface area contributed by atoms with E-state index >= 15 is 0 Å². The van der Waals surface area contributed by atoms with Gasteiger partial charge in [-0.3, -0.25) is 14.4 Å². The summed E-state index contributed by atoms with van der Waals surface area (Å²) >= 11 is 6.55. The minimum atomic E-state index is -1.33. The number of carbonyl (C=O) groups excluding carboxylic acids is 3. The van der Waals surface area contributed by atoms with Crippen molar-refractivity contribution < 1.29 is 24.2 Å². The zero-order valence-corrected chi connectivity index (χ0v) is 24.5. The second-order valence-electron chi connectivity index (χ2n) is 11.4. The fourth-order valence-electron chi connectivity index (χ4n) is 7.30. The molecule has 4 aliphatic heterocycles. The summed E-state index contributed by atoms with van der Waals surface area (Å²) in [5.41, 5.74) is -1.07. The highest BCUT2D eigenvalue weighted by Gasteiger charge is 2.75. The van der Waals surface area contributed by atoms with E-state index in [-0.39, 0.29) is 30.9 Å². The fraction of sp³-hybridized carbons (Fsp3) is 0.424. The molecule has 2 fully saturated rings. The van der Waals surface area contributed by atoms with Gasteiger partial charge < -0.3 is 24.5 Å². The Morgan fingerprint density at radius 2 is 1.57 bits per heavy atom. The number of aliphatic hydroxyl groups is 1. The molecule has 6 rings (SSSR count). The standard InChI is InChI=1S/C33H36ClN3O5/c1-2-32-17-11-20-35(23-13-5-3-6-14-23)29(39)26(32)27-30(40)37(19-9-4-10-22-38)28-31(41)36(21-12-18-33(27,28)42-32)25-16-8-7-15-24(25)34/h3,5-8,11-18,26-28,38H,2,4,9-10,19-22H2,1H3/t26-,27+,28?,32+,33+/m1/s1. The number of rotatable bonds is 8. The Kier molecular flexibility index (Phi) is 7.72. The first kappa shape index (κ1) is 28.6. The first-order valence-corrected chi connectivity index (χ1v) is 15.2. The summed E-state index contributed by atoms with van der Waals surface area (Å²) in [6.45, 7) is 2.96. The Morgan fingerprint density at radius 3 is 2.31 bits per heavy atom. The Balaban J connectivity index is 1.47. The maximum Gasteiger partial charge on any atom is 0.253 e. The number of unbranched alkanes of at least 4 members (excludes halogenated alkanes) is 2. The highest BCUT2D eigenvalue weighted by molar-refractivity contribution is 6.34. The SMILES string of the molecule is CC[C@]12C=CCN(c3ccccc3)C(=O)[C@H]1[C@H]1C(=O)N(CCCCCO)C3C(=O)N(c4ccccc4Cl)CC=C[C@@]31O2. The summed E-state index contributed by atoms with van der Waals surface area (Å²) in [4.78, 5) is 48.6. The molecule has 0 saturated carbocycles. The van der Waals surface area contributed by atoms with Crippen LogP contribution in [0.3, 0.4) is 0 Å². The quantitative estimate of drug-likeness (QED) is 0.365. The predicted octanol–water partition coefficient (Wildman–Crippen LogP) is 4.37. The molecule has 1 spiro atoms. The smallest absolute Gasteiger partial charge is 0.253 e. The number of likely N-dealkylation sites (tertiary alicyclic amines) is 1. The third kappa shape index (κ3) is 4.39. The van der Waals surface area contributed by atoms with Gasteiger partial charge in [0.05, 0.1) is 28.1 Å². The van der Waals surface area contributed by atoms with Gasteiger partial charge in [-0.25, -0.2) is 0 Å². The molecule has 42 heavy (non-hydrogen) atoms. The fourth-order valence-corrected chi connectivity index (χ4v) is 7.54. The van der Waals surface area contributed by atoms with Gasteiger partial charge in [0.25, 0.3) is 5.91 Å². The molecule has 0 bridgehead atoms. The molecule has 2 aromatic carbocycles. The molecule has 4 aliphatic rings. The maximum atomic E-state index is 14.6. The molecule has 220 valence electrons. The number of ether oxygens (including phenoxy) is 1. The average molecular weight is 590 g/mol. The summed E-state index contributed by atoms with van der Waals surface area (Å²) in [5.74, 6) is -2.42. The van der Waals surface area contributed by atoms with Gasteiger partial charge in [0, 0.05) is 31.9 Å². The van der Waals surface area contributed by atoms with E-state index in [4.69, 9.17) is 16.3 Å². The number of carbonyl (C=O) groups is 3. The van der Waals surface area contributed by atoms with Crippen LogP contribution in [-0.2, 0) is 19.1 Å². The van der Waals surface area contributed by atoms with Crippen molar-refractivity contribution in [3.8, 4) is 0 Å². The Morgan fingerprint density at radius 1 is 0.857 bits per heavy atom. The average Bonchev–Trinajstić information content (AvgIpc) is 3.28. The van der Waals surface area contributed by atoms with E-state index in [1.807, 2.05) is 73.7 Å². The van der Waals surface area contributed by atoms with Crippen LogP contribution in [0.5, 0.6) is 0 Å². The van der Waals surface area contributed by atoms with E-state index in [2.05, 4.69) is 0 Å². The predicted molar refractivity (Wildman–Crippen MR) is 161 cm³/mol. The molecule has 2 saturated heterocycles. The highest BCUT2D eigenvalue weighted by atomic mass is 35.5. The second-order valence-corrected chi connectivity index (χ2v) is 11.8. The summed E-state index contributed by atoms with van der Waals surface area (Å²) in [6.07, 6.45) is 10.0. The van der Waals surface area contributed by atoms with Crippen LogP contribution < -0.4 is 9.80 Å². The van der Waals surface area contributed by atoms with Crippen molar-refractivity contribution in [3.63, 3.8) is 0 Å². The van der Waals surface area contributed by atoms with Gasteiger partial charge in [-0.2, -0.15) is 0 Å². The van der Waals surface area contributed by atoms with Gasteiger partial charge in [-0.1, -0.05) is 73.2 Å². The van der Waals surface area contributed by atoms with Gasteiger partial charge in [0.15, 0.2) is 0 Å². The molecule has 0 aromatic heterocycles. The minimum Gasteiger partial charge on any atom is -0.396 e. The van der Waals surface area contributed by atoms with Crippen LogP contribution in [0.25, 0.3) is 0 Å². The number of para-hydroxylation sites is 2. The van der Waals surface area contributed by atoms with Crippen molar-refractivity contribution in [2.24, 2.45) is 11.8 Å². The van der Waals surface area contributed by atoms with Crippen molar-refractivity contribution in [2.45, 2.75) is 49.9 Å². The summed E-state index contributed by atoms with van der Waals surface area (Å²) in [6, 6.07) is 15.6. The molecule has 2 aromatic rings. The number of halogens is 1. The third-order valence-electron chi connectivity index (χ3n) is 9.21. The molecule has 9 heteroatoms. The molecule has 3 amide bonds. The molecule has 0 aliphatic carbocycles. The van der Waals surface area contributed by atoms with E-state index < -0.39 is 29.1 Å². The van der Waals surface area contributed by atoms with E-state index in [1.165, 1.54) is 0 Å². The number of fused-ring (bicyclic) bond motifs is 2. The Labute approximate surface area is 251 Å². The molecular formula is C33H36ClN3O5. The zero-order chi connectivity index (χ0) is 29.5. The number of hydrogen-bond donors (Lipinski definition) is 1. The van der Waals surface area contributed by atoms with Crippen LogP contribution in [0, 0.1) is 11.8 Å². The number of aliphatic hydroxyl groups excluding tert-OH is 1. The lowest BCUT2D eigenvalue weighted by molar-refractivity contribution is -0.145. The van der Waals surface area contributed by atoms with Crippen molar-refractivity contribution in [2.75, 3.05) is 36.0 Å². The van der Waals surface area contributed by atoms with Gasteiger partial charge >= 0.3 is 0 Å². The Bertz CT molecular complexity index is 1430. The molecule has 0 radical (unpaired) electrons. The highest BCUT2D eigenvalue weighted by Crippen LogP contribution is 2.59. The molecule has 5 atom stereocenters. The molecule has 8 nitrogen and oxygen atoms in total. The second kappa shape index (κ2) is 11.3. The Hall–Kier alpha value is -3.46. The lowest BCUT2D eigenvalue weighted by Crippen LogP contribution is -2.56. The van der Waals surface area contributed by atoms with Gasteiger partial charge in [-0.15, -0.1) is 0 Å². The van der Waals surface area contributed by atoms with Crippen molar-refractivity contribution in [3.05, 3.63) is 83.9 Å². The van der Waals surface area contributed by atoms with Gasteiger partial charge in [0.2, 0.25) is 11.8 Å². The number of benzene rings is 2. The number of amides is 3. The molecular weight excluding hydrogens is 554 g/mol. The van der Waals surface area contributed by atoms with Gasteiger partial charge in [0.1, 0.15) is 11.6 Å². The van der Waals surface area contributed by atoms with Crippen LogP contribution in [0.1, 0.15) is 32.6 Å². The minimum absolute atomic E-state index is 0.0618. The van der Waals surface area contributed by atoms with E-state index in [9.17, 15) is 19.5 Å². The van der Waals surface area contributed by atoms with E-state index in [1.54, 1.807) is 26.8 Å². The summed E-state index contributed by atoms with van der Waals surface area (Å²) < 4.78 is 7.04. The van der Waals surface area contributed by atoms with E-state index in [0.29, 0.717) is 49.5 Å². The number of nitrogens with zero attached hydrogens (tertiary/aromatic N) is 3. The van der Waals surface area contributed by atoms with Crippen LogP contribution in [0.2, 0.25) is 5.02 Å². The first-order valence-electron chi connectivity index (χ1n) is 14.8. The largest absolute Gasteiger partial charge is 0.396 e. The van der Waals surface area contributed by atoms with Crippen molar-refractivity contribution >= 4 is 40.7 Å². The summed E-state index contributed by atoms with van der Waals surface area (Å²) in [5, 5.41) is 9.76. The normalized spacial score (nSPS) is 30.3. The first-order chi connectivity index (χ1) is 20.4. The monoisotopic (exact) mass is 589 g/mol. The maximum absolute atomic E-state index is 14.6. The van der Waals surface area contributed by atoms with Crippen molar-refractivity contribution in [1.82, 2.24) is 4.90 Å². The zero-order valence-electron chi connectivity index (χ0n) is 23.7. The van der Waals surface area contributed by atoms with Crippen LogP contribution in [-0.4, -0.2) is 71.2 Å². The molecule has 1 N–H and O–H groups in total. The van der Waals surface area contributed by atoms with E-state index in [0.717, 1.165) is 5.69 Å². The van der Waals surface area contributed by atoms with Crippen molar-refractivity contribution in [1.29, 1.82) is 0 Å². The molecule has 4 heterocycles. The summed E-state index contributed by atoms with van der Waals surface area (Å²) in [7, 11) is 0. The topological polar surface area (TPSA) is 90.4 Å². The van der Waals surface area contributed by atoms with Gasteiger partial charge in [-0.05, 0) is 49.9 Å². The molecule has 1 unspecified atom stereocenters.